The molecule has 0 aromatic rings. The number of rotatable bonds is 1. The summed E-state index contributed by atoms with van der Waals surface area (Å²) in [7, 11) is 0. The van der Waals surface area contributed by atoms with Crippen molar-refractivity contribution in [3.8, 4) is 0 Å². The van der Waals surface area contributed by atoms with Crippen molar-refractivity contribution in [3.05, 3.63) is 0 Å². The molecular formula is C13H23ClN2O2. The topological polar surface area (TPSA) is 41.6 Å². The van der Waals surface area contributed by atoms with Crippen LogP contribution in [-0.2, 0) is 9.53 Å². The number of nitrogens with one attached hydrogen (secondary N) is 1. The van der Waals surface area contributed by atoms with E-state index in [1.807, 2.05) is 0 Å². The van der Waals surface area contributed by atoms with Crippen LogP contribution in [0, 0.1) is 11.8 Å². The van der Waals surface area contributed by atoms with Gasteiger partial charge in [0, 0.05) is 26.2 Å². The van der Waals surface area contributed by atoms with Gasteiger partial charge in [-0.2, -0.15) is 0 Å². The molecule has 1 saturated carbocycles. The van der Waals surface area contributed by atoms with E-state index in [4.69, 9.17) is 4.74 Å². The van der Waals surface area contributed by atoms with E-state index < -0.39 is 0 Å². The van der Waals surface area contributed by atoms with Gasteiger partial charge in [-0.05, 0) is 24.7 Å². The summed E-state index contributed by atoms with van der Waals surface area (Å²) in [6, 6.07) is 0. The first-order valence-electron chi connectivity index (χ1n) is 6.95. The highest BCUT2D eigenvalue weighted by molar-refractivity contribution is 5.85. The fourth-order valence-corrected chi connectivity index (χ4v) is 3.51. The van der Waals surface area contributed by atoms with Gasteiger partial charge >= 0.3 is 0 Å². The zero-order valence-corrected chi connectivity index (χ0v) is 11.6. The van der Waals surface area contributed by atoms with Gasteiger partial charge in [0.15, 0.2) is 0 Å². The number of ether oxygens (including phenoxy) is 1. The van der Waals surface area contributed by atoms with E-state index in [1.54, 1.807) is 0 Å². The molecule has 1 amide bonds. The molecule has 5 heteroatoms. The molecule has 1 aliphatic carbocycles. The second-order valence-electron chi connectivity index (χ2n) is 5.61. The lowest BCUT2D eigenvalue weighted by atomic mass is 9.82. The number of fused-ring (bicyclic) bond motifs is 1. The van der Waals surface area contributed by atoms with E-state index in [9.17, 15) is 4.79 Å². The third-order valence-corrected chi connectivity index (χ3v) is 4.49. The highest BCUT2D eigenvalue weighted by atomic mass is 35.5. The SMILES string of the molecule is Cl.O=C(C1CNCCO1)N1CC2CCCCC2C1. The fourth-order valence-electron chi connectivity index (χ4n) is 3.51. The molecule has 3 unspecified atom stereocenters. The van der Waals surface area contributed by atoms with E-state index in [0.29, 0.717) is 13.2 Å². The Labute approximate surface area is 115 Å². The lowest BCUT2D eigenvalue weighted by molar-refractivity contribution is -0.144. The van der Waals surface area contributed by atoms with Crippen molar-refractivity contribution in [2.45, 2.75) is 31.8 Å². The van der Waals surface area contributed by atoms with Crippen LogP contribution in [0.4, 0.5) is 0 Å². The summed E-state index contributed by atoms with van der Waals surface area (Å²) in [4.78, 5) is 14.4. The molecule has 0 spiro atoms. The molecule has 4 nitrogen and oxygen atoms in total. The summed E-state index contributed by atoms with van der Waals surface area (Å²) in [6.45, 7) is 4.17. The van der Waals surface area contributed by atoms with Gasteiger partial charge in [0.2, 0.25) is 0 Å². The first kappa shape index (κ1) is 14.1. The average molecular weight is 275 g/mol. The average Bonchev–Trinajstić information content (AvgIpc) is 2.82. The first-order valence-corrected chi connectivity index (χ1v) is 6.95. The molecular weight excluding hydrogens is 252 g/mol. The van der Waals surface area contributed by atoms with Crippen molar-refractivity contribution in [1.82, 2.24) is 10.2 Å². The van der Waals surface area contributed by atoms with Crippen LogP contribution in [0.2, 0.25) is 0 Å². The minimum Gasteiger partial charge on any atom is -0.366 e. The van der Waals surface area contributed by atoms with Crippen LogP contribution in [0.3, 0.4) is 0 Å². The van der Waals surface area contributed by atoms with Crippen LogP contribution >= 0.6 is 12.4 Å². The van der Waals surface area contributed by atoms with Gasteiger partial charge in [-0.1, -0.05) is 12.8 Å². The van der Waals surface area contributed by atoms with Gasteiger partial charge in [0.05, 0.1) is 6.61 Å². The third-order valence-electron chi connectivity index (χ3n) is 4.49. The zero-order chi connectivity index (χ0) is 11.7. The molecule has 0 bridgehead atoms. The standard InChI is InChI=1S/C13H22N2O2.ClH/c16-13(12-7-14-5-6-17-12)15-8-10-3-1-2-4-11(10)9-15;/h10-12,14H,1-9H2;1H. The maximum absolute atomic E-state index is 12.3. The predicted octanol–water partition coefficient (Wildman–Crippen LogP) is 1.05. The summed E-state index contributed by atoms with van der Waals surface area (Å²) in [5.41, 5.74) is 0. The number of hydrogen-bond donors (Lipinski definition) is 1. The molecule has 0 radical (unpaired) electrons. The van der Waals surface area contributed by atoms with Crippen molar-refractivity contribution in [2.75, 3.05) is 32.8 Å². The Kier molecular flexibility index (Phi) is 4.87. The van der Waals surface area contributed by atoms with Crippen LogP contribution in [-0.4, -0.2) is 49.7 Å². The monoisotopic (exact) mass is 274 g/mol. The molecule has 1 N–H and O–H groups in total. The highest BCUT2D eigenvalue weighted by Crippen LogP contribution is 2.36. The number of morpholine rings is 1. The number of carbonyl (C=O) groups is 1. The van der Waals surface area contributed by atoms with Crippen LogP contribution in [0.5, 0.6) is 0 Å². The maximum atomic E-state index is 12.3. The molecule has 3 rings (SSSR count). The Bertz CT molecular complexity index is 281. The molecule has 2 saturated heterocycles. The molecule has 2 aliphatic heterocycles. The fraction of sp³-hybridized carbons (Fsp3) is 0.923. The Morgan fingerprint density at radius 2 is 1.83 bits per heavy atom. The lowest BCUT2D eigenvalue weighted by Crippen LogP contribution is -2.48. The maximum Gasteiger partial charge on any atom is 0.253 e. The predicted molar refractivity (Wildman–Crippen MR) is 71.9 cm³/mol. The number of nitrogens with zero attached hydrogens (tertiary/aromatic N) is 1. The van der Waals surface area contributed by atoms with Crippen LogP contribution < -0.4 is 5.32 Å². The summed E-state index contributed by atoms with van der Waals surface area (Å²) < 4.78 is 5.55. The Balaban J connectivity index is 0.00000120. The van der Waals surface area contributed by atoms with Gasteiger partial charge in [-0.15, -0.1) is 12.4 Å². The molecule has 18 heavy (non-hydrogen) atoms. The van der Waals surface area contributed by atoms with Crippen molar-refractivity contribution in [3.63, 3.8) is 0 Å². The number of likely N-dealkylation sites (tertiary alicyclic amines) is 1. The minimum absolute atomic E-state index is 0. The molecule has 0 aromatic carbocycles. The summed E-state index contributed by atoms with van der Waals surface area (Å²) in [5, 5.41) is 3.23. The Hall–Kier alpha value is -0.320. The Morgan fingerprint density at radius 3 is 2.39 bits per heavy atom. The molecule has 0 aromatic heterocycles. The minimum atomic E-state index is -0.232. The van der Waals surface area contributed by atoms with E-state index in [-0.39, 0.29) is 24.4 Å². The molecule has 104 valence electrons. The Morgan fingerprint density at radius 1 is 1.17 bits per heavy atom. The van der Waals surface area contributed by atoms with Gasteiger partial charge in [0.1, 0.15) is 6.10 Å². The summed E-state index contributed by atoms with van der Waals surface area (Å²) >= 11 is 0. The summed E-state index contributed by atoms with van der Waals surface area (Å²) in [6.07, 6.45) is 5.11. The molecule has 3 aliphatic rings. The van der Waals surface area contributed by atoms with Gasteiger partial charge in [-0.25, -0.2) is 0 Å². The second kappa shape index (κ2) is 6.22. The van der Waals surface area contributed by atoms with E-state index in [1.165, 1.54) is 25.7 Å². The largest absolute Gasteiger partial charge is 0.366 e. The highest BCUT2D eigenvalue weighted by Gasteiger charge is 2.38. The number of carbonyl (C=O) groups excluding carboxylic acids is 1. The van der Waals surface area contributed by atoms with Crippen molar-refractivity contribution >= 4 is 18.3 Å². The van der Waals surface area contributed by atoms with Crippen LogP contribution in [0.15, 0.2) is 0 Å². The smallest absolute Gasteiger partial charge is 0.253 e. The van der Waals surface area contributed by atoms with Crippen molar-refractivity contribution in [2.24, 2.45) is 11.8 Å². The number of halogens is 1. The molecule has 3 fully saturated rings. The molecule has 2 heterocycles. The molecule has 3 atom stereocenters. The van der Waals surface area contributed by atoms with Crippen molar-refractivity contribution in [1.29, 1.82) is 0 Å². The van der Waals surface area contributed by atoms with Crippen molar-refractivity contribution < 1.29 is 9.53 Å². The van der Waals surface area contributed by atoms with E-state index in [0.717, 1.165) is 31.5 Å². The van der Waals surface area contributed by atoms with Gasteiger partial charge in [0.25, 0.3) is 5.91 Å². The second-order valence-corrected chi connectivity index (χ2v) is 5.61. The quantitative estimate of drug-likeness (QED) is 0.777. The van der Waals surface area contributed by atoms with Gasteiger partial charge in [-0.3, -0.25) is 4.79 Å². The van der Waals surface area contributed by atoms with Crippen LogP contribution in [0.1, 0.15) is 25.7 Å². The number of hydrogen-bond acceptors (Lipinski definition) is 3. The third kappa shape index (κ3) is 2.81. The van der Waals surface area contributed by atoms with E-state index in [2.05, 4.69) is 10.2 Å². The first-order chi connectivity index (χ1) is 8.34. The lowest BCUT2D eigenvalue weighted by Gasteiger charge is -2.27. The van der Waals surface area contributed by atoms with Crippen LogP contribution in [0.25, 0.3) is 0 Å². The normalized spacial score (nSPS) is 35.8. The zero-order valence-electron chi connectivity index (χ0n) is 10.8. The van der Waals surface area contributed by atoms with Gasteiger partial charge < -0.3 is 15.0 Å². The summed E-state index contributed by atoms with van der Waals surface area (Å²) in [5.74, 6) is 1.75. The number of amides is 1. The van der Waals surface area contributed by atoms with E-state index >= 15 is 0 Å².